The lowest BCUT2D eigenvalue weighted by Gasteiger charge is -2.25. The lowest BCUT2D eigenvalue weighted by atomic mass is 10.1. The molecule has 2 amide bonds. The van der Waals surface area contributed by atoms with Crippen LogP contribution in [0.2, 0.25) is 0 Å². The Morgan fingerprint density at radius 1 is 1.16 bits per heavy atom. The molecule has 0 radical (unpaired) electrons. The van der Waals surface area contributed by atoms with Crippen molar-refractivity contribution in [3.63, 3.8) is 0 Å². The topological polar surface area (TPSA) is 49.4 Å². The van der Waals surface area contributed by atoms with Crippen LogP contribution in [0.4, 0.5) is 0 Å². The monoisotopic (exact) mass is 268 g/mol. The molecule has 0 saturated heterocycles. The highest BCUT2D eigenvalue weighted by Gasteiger charge is 2.33. The van der Waals surface area contributed by atoms with Crippen LogP contribution in [0.25, 0.3) is 0 Å². The Balaban J connectivity index is 2.39. The van der Waals surface area contributed by atoms with Crippen LogP contribution in [0.5, 0.6) is 0 Å². The zero-order valence-electron chi connectivity index (χ0n) is 12.7. The highest BCUT2D eigenvalue weighted by Crippen LogP contribution is 2.28. The van der Waals surface area contributed by atoms with E-state index < -0.39 is 0 Å². The summed E-state index contributed by atoms with van der Waals surface area (Å²) in [5.41, 5.74) is 0. The number of nitrogens with zero attached hydrogens (tertiary/aromatic N) is 1. The average molecular weight is 268 g/mol. The van der Waals surface area contributed by atoms with Crippen LogP contribution >= 0.6 is 0 Å². The highest BCUT2D eigenvalue weighted by molar-refractivity contribution is 5.80. The van der Waals surface area contributed by atoms with Gasteiger partial charge < -0.3 is 10.2 Å². The third-order valence-corrected chi connectivity index (χ3v) is 4.02. The van der Waals surface area contributed by atoms with Crippen LogP contribution in [0.3, 0.4) is 0 Å². The SMILES string of the molecule is CCC(C)C(=O)NCCN(C(=O)C(C)CC)C1CC1. The van der Waals surface area contributed by atoms with Crippen molar-refractivity contribution < 1.29 is 9.59 Å². The number of hydrogen-bond acceptors (Lipinski definition) is 2. The number of nitrogens with one attached hydrogen (secondary N) is 1. The number of hydrogen-bond donors (Lipinski definition) is 1. The van der Waals surface area contributed by atoms with Crippen molar-refractivity contribution in [3.8, 4) is 0 Å². The Kier molecular flexibility index (Phi) is 6.32. The summed E-state index contributed by atoms with van der Waals surface area (Å²) in [6.07, 6.45) is 3.95. The second kappa shape index (κ2) is 7.51. The molecule has 1 fully saturated rings. The van der Waals surface area contributed by atoms with Gasteiger partial charge in [-0.1, -0.05) is 27.7 Å². The summed E-state index contributed by atoms with van der Waals surface area (Å²) >= 11 is 0. The fourth-order valence-electron chi connectivity index (χ4n) is 1.98. The van der Waals surface area contributed by atoms with E-state index in [0.717, 1.165) is 25.7 Å². The molecule has 4 nitrogen and oxygen atoms in total. The summed E-state index contributed by atoms with van der Waals surface area (Å²) in [4.78, 5) is 25.9. The lowest BCUT2D eigenvalue weighted by Crippen LogP contribution is -2.43. The molecule has 2 unspecified atom stereocenters. The minimum Gasteiger partial charge on any atom is -0.354 e. The number of rotatable bonds is 8. The second-order valence-corrected chi connectivity index (χ2v) is 5.67. The van der Waals surface area contributed by atoms with Crippen LogP contribution in [0.15, 0.2) is 0 Å². The Morgan fingerprint density at radius 2 is 1.74 bits per heavy atom. The fraction of sp³-hybridized carbons (Fsp3) is 0.867. The molecule has 0 aromatic carbocycles. The maximum atomic E-state index is 12.2. The zero-order chi connectivity index (χ0) is 14.4. The van der Waals surface area contributed by atoms with E-state index in [1.807, 2.05) is 32.6 Å². The third-order valence-electron chi connectivity index (χ3n) is 4.02. The van der Waals surface area contributed by atoms with E-state index in [0.29, 0.717) is 19.1 Å². The first kappa shape index (κ1) is 16.0. The van der Waals surface area contributed by atoms with Gasteiger partial charge in [-0.15, -0.1) is 0 Å². The largest absolute Gasteiger partial charge is 0.354 e. The van der Waals surface area contributed by atoms with Gasteiger partial charge in [0.2, 0.25) is 11.8 Å². The van der Waals surface area contributed by atoms with E-state index in [2.05, 4.69) is 5.32 Å². The Labute approximate surface area is 116 Å². The van der Waals surface area contributed by atoms with Gasteiger partial charge in [-0.3, -0.25) is 9.59 Å². The Hall–Kier alpha value is -1.06. The molecule has 1 saturated carbocycles. The van der Waals surface area contributed by atoms with E-state index in [4.69, 9.17) is 0 Å². The van der Waals surface area contributed by atoms with Gasteiger partial charge in [0, 0.05) is 31.0 Å². The summed E-state index contributed by atoms with van der Waals surface area (Å²) in [7, 11) is 0. The zero-order valence-corrected chi connectivity index (χ0v) is 12.7. The van der Waals surface area contributed by atoms with Crippen molar-refractivity contribution in [2.75, 3.05) is 13.1 Å². The number of carbonyl (C=O) groups excluding carboxylic acids is 2. The Bertz CT molecular complexity index is 313. The molecule has 4 heteroatoms. The summed E-state index contributed by atoms with van der Waals surface area (Å²) in [5, 5.41) is 2.93. The summed E-state index contributed by atoms with van der Waals surface area (Å²) in [5.74, 6) is 0.475. The smallest absolute Gasteiger partial charge is 0.225 e. The second-order valence-electron chi connectivity index (χ2n) is 5.67. The summed E-state index contributed by atoms with van der Waals surface area (Å²) < 4.78 is 0. The number of amides is 2. The van der Waals surface area contributed by atoms with Gasteiger partial charge in [0.25, 0.3) is 0 Å². The lowest BCUT2D eigenvalue weighted by molar-refractivity contribution is -0.136. The molecular weight excluding hydrogens is 240 g/mol. The van der Waals surface area contributed by atoms with Gasteiger partial charge in [-0.05, 0) is 25.7 Å². The predicted octanol–water partition coefficient (Wildman–Crippen LogP) is 2.19. The van der Waals surface area contributed by atoms with Crippen molar-refractivity contribution >= 4 is 11.8 Å². The molecule has 0 aliphatic heterocycles. The molecule has 0 heterocycles. The molecule has 0 aromatic rings. The maximum Gasteiger partial charge on any atom is 0.225 e. The van der Waals surface area contributed by atoms with Gasteiger partial charge in [0.05, 0.1) is 0 Å². The number of carbonyl (C=O) groups is 2. The van der Waals surface area contributed by atoms with E-state index >= 15 is 0 Å². The summed E-state index contributed by atoms with van der Waals surface area (Å²) in [6, 6.07) is 0.419. The molecule has 1 aliphatic carbocycles. The first-order valence-electron chi connectivity index (χ1n) is 7.59. The molecule has 19 heavy (non-hydrogen) atoms. The van der Waals surface area contributed by atoms with E-state index in [9.17, 15) is 9.59 Å². The highest BCUT2D eigenvalue weighted by atomic mass is 16.2. The molecule has 1 aliphatic rings. The van der Waals surface area contributed by atoms with Crippen molar-refractivity contribution in [3.05, 3.63) is 0 Å². The van der Waals surface area contributed by atoms with Gasteiger partial charge in [-0.2, -0.15) is 0 Å². The van der Waals surface area contributed by atoms with Gasteiger partial charge in [0.15, 0.2) is 0 Å². The molecule has 1 N–H and O–H groups in total. The van der Waals surface area contributed by atoms with Crippen molar-refractivity contribution in [1.82, 2.24) is 10.2 Å². The van der Waals surface area contributed by atoms with Crippen molar-refractivity contribution in [2.24, 2.45) is 11.8 Å². The minimum atomic E-state index is 0.0552. The van der Waals surface area contributed by atoms with Crippen LogP contribution in [0, 0.1) is 11.8 Å². The van der Waals surface area contributed by atoms with Crippen LogP contribution in [-0.4, -0.2) is 35.8 Å². The molecular formula is C15H28N2O2. The Morgan fingerprint density at radius 3 is 2.21 bits per heavy atom. The first-order valence-corrected chi connectivity index (χ1v) is 7.59. The molecule has 0 aromatic heterocycles. The van der Waals surface area contributed by atoms with Gasteiger partial charge in [-0.25, -0.2) is 0 Å². The fourth-order valence-corrected chi connectivity index (χ4v) is 1.98. The van der Waals surface area contributed by atoms with E-state index in [-0.39, 0.29) is 23.7 Å². The standard InChI is InChI=1S/C15H28N2O2/c1-5-11(3)14(18)16-9-10-17(13-7-8-13)15(19)12(4)6-2/h11-13H,5-10H2,1-4H3,(H,16,18). The van der Waals surface area contributed by atoms with Crippen molar-refractivity contribution in [2.45, 2.75) is 59.4 Å². The molecule has 0 spiro atoms. The van der Waals surface area contributed by atoms with Crippen LogP contribution in [0.1, 0.15) is 53.4 Å². The minimum absolute atomic E-state index is 0.0552. The van der Waals surface area contributed by atoms with Crippen LogP contribution in [-0.2, 0) is 9.59 Å². The quantitative estimate of drug-likeness (QED) is 0.733. The third kappa shape index (κ3) is 4.84. The average Bonchev–Trinajstić information content (AvgIpc) is 3.25. The first-order chi connectivity index (χ1) is 9.01. The molecule has 2 atom stereocenters. The van der Waals surface area contributed by atoms with E-state index in [1.165, 1.54) is 0 Å². The normalized spacial score (nSPS) is 17.7. The van der Waals surface area contributed by atoms with Crippen LogP contribution < -0.4 is 5.32 Å². The molecule has 1 rings (SSSR count). The van der Waals surface area contributed by atoms with E-state index in [1.54, 1.807) is 0 Å². The maximum absolute atomic E-state index is 12.2. The predicted molar refractivity (Wildman–Crippen MR) is 76.7 cm³/mol. The molecule has 110 valence electrons. The summed E-state index contributed by atoms with van der Waals surface area (Å²) in [6.45, 7) is 9.18. The van der Waals surface area contributed by atoms with Gasteiger partial charge in [0.1, 0.15) is 0 Å². The molecule has 0 bridgehead atoms. The van der Waals surface area contributed by atoms with Crippen molar-refractivity contribution in [1.29, 1.82) is 0 Å². The van der Waals surface area contributed by atoms with Gasteiger partial charge >= 0.3 is 0 Å².